The van der Waals surface area contributed by atoms with Crippen LogP contribution in [0.25, 0.3) is 0 Å². The molecule has 176 valence electrons. The summed E-state index contributed by atoms with van der Waals surface area (Å²) >= 11 is 5.66. The van der Waals surface area contributed by atoms with Gasteiger partial charge in [0.15, 0.2) is 0 Å². The number of carbonyl (C=O) groups is 2. The van der Waals surface area contributed by atoms with Crippen LogP contribution in [0, 0.1) is 0 Å². The van der Waals surface area contributed by atoms with Crippen molar-refractivity contribution in [3.8, 4) is 0 Å². The number of rotatable bonds is 19. The number of hydrogen-bond acceptors (Lipinski definition) is 4. The van der Waals surface area contributed by atoms with E-state index in [1.165, 1.54) is 44.9 Å². The molecule has 0 radical (unpaired) electrons. The van der Waals surface area contributed by atoms with E-state index in [4.69, 9.17) is 21.1 Å². The highest BCUT2D eigenvalue weighted by molar-refractivity contribution is 6.17. The lowest BCUT2D eigenvalue weighted by atomic mass is 10.1. The highest BCUT2D eigenvalue weighted by Gasteiger charge is 2.12. The van der Waals surface area contributed by atoms with Gasteiger partial charge in [-0.15, -0.1) is 11.6 Å². The number of ether oxygens (including phenoxy) is 2. The summed E-state index contributed by atoms with van der Waals surface area (Å²) in [6, 6.07) is 6.60. The Hall–Kier alpha value is -1.55. The molecular weight excluding hydrogens is 412 g/mol. The van der Waals surface area contributed by atoms with Gasteiger partial charge in [0.2, 0.25) is 0 Å². The fourth-order valence-electron chi connectivity index (χ4n) is 3.41. The third-order valence-electron chi connectivity index (χ3n) is 5.33. The van der Waals surface area contributed by atoms with Crippen LogP contribution in [0.4, 0.5) is 0 Å². The summed E-state index contributed by atoms with van der Waals surface area (Å²) in [6.07, 6.45) is 16.0. The van der Waals surface area contributed by atoms with Crippen LogP contribution in [-0.2, 0) is 9.47 Å². The summed E-state index contributed by atoms with van der Waals surface area (Å²) in [5.74, 6) is -0.0435. The van der Waals surface area contributed by atoms with Crippen LogP contribution in [0.15, 0.2) is 24.3 Å². The second-order valence-electron chi connectivity index (χ2n) is 8.14. The molecule has 1 aromatic carbocycles. The summed E-state index contributed by atoms with van der Waals surface area (Å²) in [5.41, 5.74) is 0.789. The highest BCUT2D eigenvalue weighted by atomic mass is 35.5. The van der Waals surface area contributed by atoms with Crippen molar-refractivity contribution in [2.24, 2.45) is 0 Å². The van der Waals surface area contributed by atoms with Gasteiger partial charge >= 0.3 is 11.9 Å². The summed E-state index contributed by atoms with van der Waals surface area (Å²) in [7, 11) is 0. The molecule has 0 heterocycles. The fraction of sp³-hybridized carbons (Fsp3) is 0.692. The maximum absolute atomic E-state index is 12.3. The van der Waals surface area contributed by atoms with Crippen molar-refractivity contribution in [1.29, 1.82) is 0 Å². The minimum Gasteiger partial charge on any atom is -0.462 e. The fourth-order valence-corrected chi connectivity index (χ4v) is 3.60. The lowest BCUT2D eigenvalue weighted by Gasteiger charge is -2.08. The number of carbonyl (C=O) groups excluding carboxylic acids is 2. The smallest absolute Gasteiger partial charge is 0.338 e. The third kappa shape index (κ3) is 14.2. The number of alkyl halides is 1. The first-order chi connectivity index (χ1) is 15.2. The molecule has 0 fully saturated rings. The molecule has 0 bridgehead atoms. The normalized spacial score (nSPS) is 10.8. The highest BCUT2D eigenvalue weighted by Crippen LogP contribution is 2.12. The maximum atomic E-state index is 12.3. The molecule has 0 aliphatic heterocycles. The molecule has 0 aliphatic carbocycles. The van der Waals surface area contributed by atoms with Crippen LogP contribution >= 0.6 is 11.6 Å². The van der Waals surface area contributed by atoms with Crippen molar-refractivity contribution in [2.45, 2.75) is 96.8 Å². The average molecular weight is 453 g/mol. The Labute approximate surface area is 194 Å². The van der Waals surface area contributed by atoms with Gasteiger partial charge in [-0.2, -0.15) is 0 Å². The van der Waals surface area contributed by atoms with E-state index in [0.29, 0.717) is 24.3 Å². The monoisotopic (exact) mass is 452 g/mol. The Balaban J connectivity index is 2.19. The molecular formula is C26H41ClO4. The zero-order chi connectivity index (χ0) is 22.6. The van der Waals surface area contributed by atoms with Gasteiger partial charge in [-0.25, -0.2) is 9.59 Å². The topological polar surface area (TPSA) is 52.6 Å². The molecule has 0 N–H and O–H groups in total. The summed E-state index contributed by atoms with van der Waals surface area (Å²) in [6.45, 7) is 3.05. The second kappa shape index (κ2) is 19.2. The summed E-state index contributed by atoms with van der Waals surface area (Å²) in [5, 5.41) is 0. The Morgan fingerprint density at radius 2 is 1.10 bits per heavy atom. The Bertz CT molecular complexity index is 603. The molecule has 0 saturated heterocycles. The third-order valence-corrected chi connectivity index (χ3v) is 5.59. The van der Waals surface area contributed by atoms with Crippen molar-refractivity contribution in [2.75, 3.05) is 19.1 Å². The van der Waals surface area contributed by atoms with Crippen LogP contribution in [0.3, 0.4) is 0 Å². The molecule has 0 unspecified atom stereocenters. The van der Waals surface area contributed by atoms with Crippen LogP contribution in [-0.4, -0.2) is 31.0 Å². The van der Waals surface area contributed by atoms with Crippen molar-refractivity contribution < 1.29 is 19.1 Å². The molecule has 0 atom stereocenters. The van der Waals surface area contributed by atoms with Gasteiger partial charge in [-0.3, -0.25) is 0 Å². The minimum atomic E-state index is -0.389. The number of hydrogen-bond donors (Lipinski definition) is 0. The molecule has 0 saturated carbocycles. The number of halogens is 1. The first-order valence-corrected chi connectivity index (χ1v) is 12.7. The van der Waals surface area contributed by atoms with E-state index >= 15 is 0 Å². The lowest BCUT2D eigenvalue weighted by molar-refractivity contribution is 0.0496. The molecule has 4 nitrogen and oxygen atoms in total. The molecule has 0 aromatic heterocycles. The molecule has 1 aromatic rings. The van der Waals surface area contributed by atoms with E-state index < -0.39 is 0 Å². The van der Waals surface area contributed by atoms with Crippen LogP contribution in [0.5, 0.6) is 0 Å². The van der Waals surface area contributed by atoms with E-state index in [1.54, 1.807) is 24.3 Å². The first-order valence-electron chi connectivity index (χ1n) is 12.2. The Kier molecular flexibility index (Phi) is 17.0. The SMILES string of the molecule is CCCCCCCCCCOC(=O)c1cccc(C(=O)OCCCCCCCCCl)c1. The van der Waals surface area contributed by atoms with Crippen LogP contribution < -0.4 is 0 Å². The van der Waals surface area contributed by atoms with Gasteiger partial charge in [-0.05, 0) is 37.5 Å². The Morgan fingerprint density at radius 1 is 0.677 bits per heavy atom. The average Bonchev–Trinajstić information content (AvgIpc) is 2.79. The van der Waals surface area contributed by atoms with Crippen LogP contribution in [0.2, 0.25) is 0 Å². The molecule has 0 aliphatic rings. The van der Waals surface area contributed by atoms with Gasteiger partial charge < -0.3 is 9.47 Å². The maximum Gasteiger partial charge on any atom is 0.338 e. The van der Waals surface area contributed by atoms with E-state index in [0.717, 1.165) is 50.8 Å². The van der Waals surface area contributed by atoms with E-state index in [1.807, 2.05) is 0 Å². The van der Waals surface area contributed by atoms with Gasteiger partial charge in [0, 0.05) is 5.88 Å². The molecule has 0 spiro atoms. The number of benzene rings is 1. The molecule has 5 heteroatoms. The van der Waals surface area contributed by atoms with Gasteiger partial charge in [0.25, 0.3) is 0 Å². The van der Waals surface area contributed by atoms with Crippen molar-refractivity contribution >= 4 is 23.5 Å². The minimum absolute atomic E-state index is 0.380. The largest absolute Gasteiger partial charge is 0.462 e. The zero-order valence-electron chi connectivity index (χ0n) is 19.3. The van der Waals surface area contributed by atoms with E-state index in [9.17, 15) is 9.59 Å². The van der Waals surface area contributed by atoms with E-state index in [-0.39, 0.29) is 11.9 Å². The standard InChI is InChI=1S/C26H41ClO4/c1-2-3-4-5-6-8-11-14-20-30-25(28)23-17-16-18-24(22-23)26(29)31-21-15-12-9-7-10-13-19-27/h16-18,22H,2-15,19-21H2,1H3. The number of unbranched alkanes of at least 4 members (excludes halogenated alkanes) is 12. The summed E-state index contributed by atoms with van der Waals surface area (Å²) < 4.78 is 10.7. The predicted octanol–water partition coefficient (Wildman–Crippen LogP) is 7.72. The molecule has 0 amide bonds. The van der Waals surface area contributed by atoms with Crippen molar-refractivity contribution in [1.82, 2.24) is 0 Å². The predicted molar refractivity (Wildman–Crippen MR) is 128 cm³/mol. The van der Waals surface area contributed by atoms with Gasteiger partial charge in [0.1, 0.15) is 0 Å². The molecule has 1 rings (SSSR count). The van der Waals surface area contributed by atoms with Crippen LogP contribution in [0.1, 0.15) is 118 Å². The van der Waals surface area contributed by atoms with Crippen molar-refractivity contribution in [3.05, 3.63) is 35.4 Å². The zero-order valence-corrected chi connectivity index (χ0v) is 20.1. The van der Waals surface area contributed by atoms with E-state index in [2.05, 4.69) is 6.92 Å². The Morgan fingerprint density at radius 3 is 1.55 bits per heavy atom. The van der Waals surface area contributed by atoms with Gasteiger partial charge in [0.05, 0.1) is 24.3 Å². The first kappa shape index (κ1) is 27.5. The number of esters is 2. The molecule has 31 heavy (non-hydrogen) atoms. The summed E-state index contributed by atoms with van der Waals surface area (Å²) in [4.78, 5) is 24.5. The lowest BCUT2D eigenvalue weighted by Crippen LogP contribution is -2.10. The van der Waals surface area contributed by atoms with Gasteiger partial charge in [-0.1, -0.05) is 83.6 Å². The van der Waals surface area contributed by atoms with Crippen molar-refractivity contribution in [3.63, 3.8) is 0 Å². The second-order valence-corrected chi connectivity index (χ2v) is 8.52. The quantitative estimate of drug-likeness (QED) is 0.122.